The lowest BCUT2D eigenvalue weighted by atomic mass is 9.86. The van der Waals surface area contributed by atoms with Gasteiger partial charge in [0.05, 0.1) is 6.04 Å². The summed E-state index contributed by atoms with van der Waals surface area (Å²) < 4.78 is 5.46. The van der Waals surface area contributed by atoms with Crippen LogP contribution in [-0.4, -0.2) is 63.9 Å². The molecule has 4 heterocycles. The first-order valence-electron chi connectivity index (χ1n) is 10.6. The zero-order valence-corrected chi connectivity index (χ0v) is 17.3. The van der Waals surface area contributed by atoms with E-state index in [1.165, 1.54) is 0 Å². The number of likely N-dealkylation sites (tertiary alicyclic amines) is 2. The predicted octanol–water partition coefficient (Wildman–Crippen LogP) is 2.83. The molecule has 3 aromatic rings. The van der Waals surface area contributed by atoms with Gasteiger partial charge in [0.2, 0.25) is 0 Å². The Morgan fingerprint density at radius 3 is 2.52 bits per heavy atom. The molecule has 1 aromatic carbocycles. The van der Waals surface area contributed by atoms with Gasteiger partial charge in [0, 0.05) is 50.2 Å². The van der Waals surface area contributed by atoms with Crippen molar-refractivity contribution in [2.75, 3.05) is 20.2 Å². The van der Waals surface area contributed by atoms with E-state index in [9.17, 15) is 9.59 Å². The molecule has 0 N–H and O–H groups in total. The van der Waals surface area contributed by atoms with E-state index < -0.39 is 6.10 Å². The molecule has 0 spiro atoms. The lowest BCUT2D eigenvalue weighted by Crippen LogP contribution is -2.64. The summed E-state index contributed by atoms with van der Waals surface area (Å²) in [4.78, 5) is 38.2. The molecule has 2 fully saturated rings. The molecule has 0 saturated carbocycles. The number of amides is 2. The third-order valence-corrected chi connectivity index (χ3v) is 6.41. The highest BCUT2D eigenvalue weighted by Gasteiger charge is 2.51. The van der Waals surface area contributed by atoms with Crippen LogP contribution in [0.4, 0.5) is 0 Å². The average Bonchev–Trinajstić information content (AvgIpc) is 2.83. The number of piperidine rings is 1. The summed E-state index contributed by atoms with van der Waals surface area (Å²) in [6.07, 6.45) is 6.18. The van der Waals surface area contributed by atoms with Gasteiger partial charge in [0.25, 0.3) is 11.8 Å². The smallest absolute Gasteiger partial charge is 0.273 e. The minimum Gasteiger partial charge on any atom is -0.369 e. The molecule has 2 aromatic heterocycles. The van der Waals surface area contributed by atoms with Gasteiger partial charge in [-0.3, -0.25) is 19.6 Å². The van der Waals surface area contributed by atoms with Gasteiger partial charge >= 0.3 is 0 Å². The molecule has 0 unspecified atom stereocenters. The number of hydrogen-bond acceptors (Lipinski definition) is 5. The first-order valence-corrected chi connectivity index (χ1v) is 10.6. The molecule has 158 valence electrons. The Labute approximate surface area is 180 Å². The second-order valence-corrected chi connectivity index (χ2v) is 8.03. The first kappa shape index (κ1) is 19.6. The van der Waals surface area contributed by atoms with Crippen molar-refractivity contribution in [1.82, 2.24) is 19.8 Å². The number of hydrogen-bond donors (Lipinski definition) is 0. The predicted molar refractivity (Wildman–Crippen MR) is 115 cm³/mol. The molecular weight excluding hydrogens is 392 g/mol. The zero-order chi connectivity index (χ0) is 21.4. The SMILES string of the molecule is CO[C@H]1C(=O)N(C2CCN(C(=O)c3nccc4ccccc34)CC2)[C@H]1c1ccncc1. The van der Waals surface area contributed by atoms with Crippen LogP contribution < -0.4 is 0 Å². The highest BCUT2D eigenvalue weighted by molar-refractivity contribution is 6.05. The van der Waals surface area contributed by atoms with E-state index in [0.717, 1.165) is 29.2 Å². The Morgan fingerprint density at radius 1 is 1.03 bits per heavy atom. The van der Waals surface area contributed by atoms with E-state index in [4.69, 9.17) is 4.74 Å². The van der Waals surface area contributed by atoms with Crippen LogP contribution in [0.1, 0.15) is 34.9 Å². The Bertz CT molecular complexity index is 1110. The van der Waals surface area contributed by atoms with E-state index >= 15 is 0 Å². The summed E-state index contributed by atoms with van der Waals surface area (Å²) >= 11 is 0. The molecule has 2 saturated heterocycles. The number of carbonyl (C=O) groups is 2. The van der Waals surface area contributed by atoms with Crippen molar-refractivity contribution in [3.63, 3.8) is 0 Å². The largest absolute Gasteiger partial charge is 0.369 e. The van der Waals surface area contributed by atoms with Crippen molar-refractivity contribution < 1.29 is 14.3 Å². The van der Waals surface area contributed by atoms with Gasteiger partial charge in [0.15, 0.2) is 6.10 Å². The van der Waals surface area contributed by atoms with Gasteiger partial charge in [-0.15, -0.1) is 0 Å². The standard InChI is InChI=1S/C24H24N4O3/c1-31-22-21(17-6-11-25-12-7-17)28(24(22)30)18-9-14-27(15-10-18)23(29)20-19-5-3-2-4-16(19)8-13-26-20/h2-8,11-13,18,21-22H,9-10,14-15H2,1H3/t21-,22+/m0/s1. The van der Waals surface area contributed by atoms with Gasteiger partial charge in [-0.1, -0.05) is 24.3 Å². The minimum absolute atomic E-state index is 0.0183. The zero-order valence-electron chi connectivity index (χ0n) is 17.3. The van der Waals surface area contributed by atoms with E-state index in [1.807, 2.05) is 52.3 Å². The third kappa shape index (κ3) is 3.35. The Kier molecular flexibility index (Phi) is 5.11. The van der Waals surface area contributed by atoms with Gasteiger partial charge in [-0.05, 0) is 42.0 Å². The summed E-state index contributed by atoms with van der Waals surface area (Å²) in [5, 5.41) is 1.88. The first-order chi connectivity index (χ1) is 15.2. The fraction of sp³-hybridized carbons (Fsp3) is 0.333. The van der Waals surface area contributed by atoms with Crippen LogP contribution in [0.25, 0.3) is 10.8 Å². The van der Waals surface area contributed by atoms with Crippen LogP contribution >= 0.6 is 0 Å². The number of benzene rings is 1. The van der Waals surface area contributed by atoms with Crippen molar-refractivity contribution in [2.24, 2.45) is 0 Å². The summed E-state index contributed by atoms with van der Waals surface area (Å²) in [6.45, 7) is 1.19. The molecule has 7 heteroatoms. The number of pyridine rings is 2. The van der Waals surface area contributed by atoms with E-state index in [-0.39, 0.29) is 23.9 Å². The number of nitrogens with zero attached hydrogens (tertiary/aromatic N) is 4. The molecule has 2 aliphatic rings. The molecule has 7 nitrogen and oxygen atoms in total. The molecule has 31 heavy (non-hydrogen) atoms. The molecule has 2 atom stereocenters. The lowest BCUT2D eigenvalue weighted by molar-refractivity contribution is -0.178. The summed E-state index contributed by atoms with van der Waals surface area (Å²) in [5.41, 5.74) is 1.52. The Balaban J connectivity index is 1.31. The number of rotatable bonds is 4. The van der Waals surface area contributed by atoms with Crippen molar-refractivity contribution in [2.45, 2.75) is 31.0 Å². The van der Waals surface area contributed by atoms with Crippen molar-refractivity contribution in [3.8, 4) is 0 Å². The molecular formula is C24H24N4O3. The van der Waals surface area contributed by atoms with Crippen LogP contribution in [0.3, 0.4) is 0 Å². The lowest BCUT2D eigenvalue weighted by Gasteiger charge is -2.52. The van der Waals surface area contributed by atoms with E-state index in [1.54, 1.807) is 25.7 Å². The van der Waals surface area contributed by atoms with Crippen LogP contribution in [-0.2, 0) is 9.53 Å². The fourth-order valence-corrected chi connectivity index (χ4v) is 4.80. The Morgan fingerprint density at radius 2 is 1.77 bits per heavy atom. The summed E-state index contributed by atoms with van der Waals surface area (Å²) in [6, 6.07) is 13.6. The number of ether oxygens (including phenoxy) is 1. The monoisotopic (exact) mass is 416 g/mol. The molecule has 2 amide bonds. The topological polar surface area (TPSA) is 75.6 Å². The molecule has 5 rings (SSSR count). The van der Waals surface area contributed by atoms with E-state index in [0.29, 0.717) is 18.8 Å². The van der Waals surface area contributed by atoms with Crippen LogP contribution in [0.15, 0.2) is 61.1 Å². The van der Waals surface area contributed by atoms with Gasteiger partial charge < -0.3 is 14.5 Å². The van der Waals surface area contributed by atoms with Crippen molar-refractivity contribution in [1.29, 1.82) is 0 Å². The van der Waals surface area contributed by atoms with E-state index in [2.05, 4.69) is 9.97 Å². The van der Waals surface area contributed by atoms with Crippen LogP contribution in [0.2, 0.25) is 0 Å². The maximum Gasteiger partial charge on any atom is 0.273 e. The molecule has 2 aliphatic heterocycles. The van der Waals surface area contributed by atoms with Crippen LogP contribution in [0, 0.1) is 0 Å². The number of β-lactam (4-membered cyclic amide) rings is 1. The maximum atomic E-state index is 13.2. The maximum absolute atomic E-state index is 13.2. The number of fused-ring (bicyclic) bond motifs is 1. The molecule has 0 radical (unpaired) electrons. The normalized spacial score (nSPS) is 21.9. The summed E-state index contributed by atoms with van der Waals surface area (Å²) in [5.74, 6) is -0.0320. The third-order valence-electron chi connectivity index (χ3n) is 6.41. The highest BCUT2D eigenvalue weighted by atomic mass is 16.5. The average molecular weight is 416 g/mol. The van der Waals surface area contributed by atoms with Gasteiger partial charge in [0.1, 0.15) is 5.69 Å². The van der Waals surface area contributed by atoms with Crippen molar-refractivity contribution >= 4 is 22.6 Å². The number of methoxy groups -OCH3 is 1. The fourth-order valence-electron chi connectivity index (χ4n) is 4.80. The van der Waals surface area contributed by atoms with Gasteiger partial charge in [-0.2, -0.15) is 0 Å². The second kappa shape index (κ2) is 8.07. The van der Waals surface area contributed by atoms with Gasteiger partial charge in [-0.25, -0.2) is 0 Å². The highest BCUT2D eigenvalue weighted by Crippen LogP contribution is 2.40. The number of aromatic nitrogens is 2. The van der Waals surface area contributed by atoms with Crippen molar-refractivity contribution in [3.05, 3.63) is 72.3 Å². The minimum atomic E-state index is -0.457. The second-order valence-electron chi connectivity index (χ2n) is 8.03. The van der Waals surface area contributed by atoms with Crippen LogP contribution in [0.5, 0.6) is 0 Å². The number of carbonyl (C=O) groups excluding carboxylic acids is 2. The molecule has 0 bridgehead atoms. The Hall–Kier alpha value is -3.32. The molecule has 0 aliphatic carbocycles. The summed E-state index contributed by atoms with van der Waals surface area (Å²) in [7, 11) is 1.58. The quantitative estimate of drug-likeness (QED) is 0.612.